The standard InChI is InChI=1S/C15H19BBrNO2S2.C11H13NS2/c1-8-7-10(16-19-14(3,4)15(5,6)20-16)21-11(8)13-18-9(2)12(17)22-13;1-6-5-7(2)13-10(6)11-12-8(3)9(4)14-11/h7H,1-6H3;5H,1-4H3. The van der Waals surface area contributed by atoms with Gasteiger partial charge in [0.15, 0.2) is 0 Å². The van der Waals surface area contributed by atoms with Gasteiger partial charge in [-0.15, -0.1) is 45.3 Å². The quantitative estimate of drug-likeness (QED) is 0.214. The van der Waals surface area contributed by atoms with E-state index in [1.54, 1.807) is 34.0 Å². The second-order valence-corrected chi connectivity index (χ2v) is 16.0. The lowest BCUT2D eigenvalue weighted by Gasteiger charge is -2.32. The molecule has 192 valence electrons. The first kappa shape index (κ1) is 28.1. The average Bonchev–Trinajstić information content (AvgIpc) is 3.53. The number of aromatic nitrogens is 2. The lowest BCUT2D eigenvalue weighted by molar-refractivity contribution is 0.00578. The maximum absolute atomic E-state index is 6.15. The van der Waals surface area contributed by atoms with Crippen molar-refractivity contribution < 1.29 is 9.31 Å². The van der Waals surface area contributed by atoms with E-state index in [0.717, 1.165) is 25.0 Å². The average molecular weight is 624 g/mol. The van der Waals surface area contributed by atoms with Crippen LogP contribution >= 0.6 is 61.3 Å². The number of halogens is 1. The second-order valence-electron chi connectivity index (χ2n) is 10.2. The molecule has 1 aliphatic heterocycles. The minimum absolute atomic E-state index is 0.299. The van der Waals surface area contributed by atoms with Gasteiger partial charge in [0.05, 0.1) is 36.1 Å². The Kier molecular flexibility index (Phi) is 8.10. The summed E-state index contributed by atoms with van der Waals surface area (Å²) in [5.41, 5.74) is 4.14. The van der Waals surface area contributed by atoms with Crippen LogP contribution in [0.2, 0.25) is 0 Å². The fourth-order valence-corrected chi connectivity index (χ4v) is 8.39. The summed E-state index contributed by atoms with van der Waals surface area (Å²) in [6.45, 7) is 21.0. The number of thiophene rings is 2. The molecule has 0 unspecified atom stereocenters. The van der Waals surface area contributed by atoms with Crippen LogP contribution in [0, 0.1) is 41.5 Å². The number of hydrogen-bond donors (Lipinski definition) is 0. The van der Waals surface area contributed by atoms with Crippen LogP contribution < -0.4 is 4.78 Å². The van der Waals surface area contributed by atoms with Gasteiger partial charge in [0, 0.05) is 14.5 Å². The highest BCUT2D eigenvalue weighted by Gasteiger charge is 2.52. The Bertz CT molecular complexity index is 1340. The van der Waals surface area contributed by atoms with Crippen LogP contribution in [0.25, 0.3) is 19.8 Å². The van der Waals surface area contributed by atoms with Crippen molar-refractivity contribution in [3.05, 3.63) is 48.2 Å². The molecule has 4 aromatic rings. The lowest BCUT2D eigenvalue weighted by atomic mass is 9.87. The van der Waals surface area contributed by atoms with E-state index in [4.69, 9.17) is 9.31 Å². The Labute approximate surface area is 239 Å². The minimum Gasteiger partial charge on any atom is -0.399 e. The number of aryl methyl sites for hydroxylation is 6. The summed E-state index contributed by atoms with van der Waals surface area (Å²) in [4.78, 5) is 14.4. The molecule has 0 N–H and O–H groups in total. The molecular formula is C26H32BBrN2O2S4. The molecule has 1 fully saturated rings. The molecule has 36 heavy (non-hydrogen) atoms. The summed E-state index contributed by atoms with van der Waals surface area (Å²) in [6.07, 6.45) is 0. The maximum Gasteiger partial charge on any atom is 0.505 e. The molecule has 1 aliphatic rings. The number of nitrogens with zero attached hydrogens (tertiary/aromatic N) is 2. The molecule has 0 spiro atoms. The topological polar surface area (TPSA) is 44.2 Å². The third kappa shape index (κ3) is 5.60. The summed E-state index contributed by atoms with van der Waals surface area (Å²) >= 11 is 10.6. The first-order chi connectivity index (χ1) is 16.7. The van der Waals surface area contributed by atoms with E-state index in [2.05, 4.69) is 100 Å². The molecule has 0 saturated carbocycles. The molecule has 0 aliphatic carbocycles. The van der Waals surface area contributed by atoms with Gasteiger partial charge in [-0.2, -0.15) is 0 Å². The Morgan fingerprint density at radius 2 is 1.25 bits per heavy atom. The number of thiazole rings is 2. The summed E-state index contributed by atoms with van der Waals surface area (Å²) in [5, 5.41) is 2.23. The fraction of sp³-hybridized carbons (Fsp3) is 0.462. The smallest absolute Gasteiger partial charge is 0.399 e. The van der Waals surface area contributed by atoms with E-state index in [1.807, 2.05) is 18.3 Å². The third-order valence-electron chi connectivity index (χ3n) is 6.62. The van der Waals surface area contributed by atoms with E-state index >= 15 is 0 Å². The van der Waals surface area contributed by atoms with Crippen molar-refractivity contribution in [1.82, 2.24) is 9.97 Å². The van der Waals surface area contributed by atoms with Gasteiger partial charge in [-0.1, -0.05) is 0 Å². The van der Waals surface area contributed by atoms with E-state index in [0.29, 0.717) is 0 Å². The third-order valence-corrected chi connectivity index (χ3v) is 12.4. The molecule has 0 atom stereocenters. The molecule has 5 rings (SSSR count). The predicted molar refractivity (Wildman–Crippen MR) is 163 cm³/mol. The summed E-state index contributed by atoms with van der Waals surface area (Å²) in [5.74, 6) is 0. The van der Waals surface area contributed by atoms with Crippen molar-refractivity contribution >= 4 is 73.2 Å². The first-order valence-corrected chi connectivity index (χ1v) is 15.8. The second kappa shape index (κ2) is 10.4. The van der Waals surface area contributed by atoms with Crippen molar-refractivity contribution in [2.24, 2.45) is 0 Å². The van der Waals surface area contributed by atoms with Gasteiger partial charge in [0.2, 0.25) is 0 Å². The van der Waals surface area contributed by atoms with Crippen LogP contribution in [0.3, 0.4) is 0 Å². The number of hydrogen-bond acceptors (Lipinski definition) is 8. The maximum atomic E-state index is 6.15. The van der Waals surface area contributed by atoms with Crippen LogP contribution in [0.15, 0.2) is 15.9 Å². The van der Waals surface area contributed by atoms with Crippen LogP contribution in [0.1, 0.15) is 60.0 Å². The SMILES string of the molecule is Cc1cc(B2OC(C)(C)C(C)(C)O2)sc1-c1nc(C)c(Br)s1.Cc1cc(C)c(-c2nc(C)c(C)s2)s1. The Morgan fingerprint density at radius 3 is 1.72 bits per heavy atom. The lowest BCUT2D eigenvalue weighted by Crippen LogP contribution is -2.41. The van der Waals surface area contributed by atoms with Crippen molar-refractivity contribution in [3.8, 4) is 19.8 Å². The van der Waals surface area contributed by atoms with Gasteiger partial charge in [0.1, 0.15) is 10.0 Å². The van der Waals surface area contributed by atoms with Gasteiger partial charge >= 0.3 is 7.12 Å². The van der Waals surface area contributed by atoms with Gasteiger partial charge < -0.3 is 9.31 Å². The van der Waals surface area contributed by atoms with E-state index in [1.165, 1.54) is 35.6 Å². The van der Waals surface area contributed by atoms with Crippen molar-refractivity contribution in [2.45, 2.75) is 80.4 Å². The molecule has 10 heteroatoms. The van der Waals surface area contributed by atoms with Crippen molar-refractivity contribution in [1.29, 1.82) is 0 Å². The molecular weight excluding hydrogens is 591 g/mol. The molecule has 0 aromatic carbocycles. The molecule has 4 nitrogen and oxygen atoms in total. The normalized spacial score (nSPS) is 16.4. The van der Waals surface area contributed by atoms with Crippen LogP contribution in [-0.4, -0.2) is 28.3 Å². The van der Waals surface area contributed by atoms with Crippen LogP contribution in [0.4, 0.5) is 0 Å². The summed E-state index contributed by atoms with van der Waals surface area (Å²) in [6, 6.07) is 4.39. The van der Waals surface area contributed by atoms with Crippen molar-refractivity contribution in [3.63, 3.8) is 0 Å². The molecule has 0 amide bonds. The van der Waals surface area contributed by atoms with E-state index in [-0.39, 0.29) is 18.3 Å². The van der Waals surface area contributed by atoms with E-state index < -0.39 is 0 Å². The highest BCUT2D eigenvalue weighted by molar-refractivity contribution is 9.11. The molecule has 1 saturated heterocycles. The zero-order chi connectivity index (χ0) is 26.6. The van der Waals surface area contributed by atoms with E-state index in [9.17, 15) is 0 Å². The zero-order valence-electron chi connectivity index (χ0n) is 22.5. The minimum atomic E-state index is -0.309. The highest BCUT2D eigenvalue weighted by Crippen LogP contribution is 2.40. The van der Waals surface area contributed by atoms with Gasteiger partial charge in [-0.05, 0) is 108 Å². The van der Waals surface area contributed by atoms with Crippen LogP contribution in [-0.2, 0) is 9.31 Å². The van der Waals surface area contributed by atoms with Gasteiger partial charge in [-0.25, -0.2) is 9.97 Å². The predicted octanol–water partition coefficient (Wildman–Crippen LogP) is 8.66. The fourth-order valence-electron chi connectivity index (χ4n) is 3.69. The van der Waals surface area contributed by atoms with Gasteiger partial charge in [-0.3, -0.25) is 0 Å². The molecule has 0 bridgehead atoms. The number of rotatable bonds is 3. The monoisotopic (exact) mass is 622 g/mol. The Balaban J connectivity index is 0.000000187. The zero-order valence-corrected chi connectivity index (χ0v) is 27.3. The molecule has 5 heterocycles. The molecule has 0 radical (unpaired) electrons. The van der Waals surface area contributed by atoms with Crippen molar-refractivity contribution in [2.75, 3.05) is 0 Å². The first-order valence-electron chi connectivity index (χ1n) is 11.8. The summed E-state index contributed by atoms with van der Waals surface area (Å²) in [7, 11) is -0.299. The largest absolute Gasteiger partial charge is 0.505 e. The summed E-state index contributed by atoms with van der Waals surface area (Å²) < 4.78 is 14.5. The Hall–Kier alpha value is -0.875. The Morgan fingerprint density at radius 1 is 0.722 bits per heavy atom. The van der Waals surface area contributed by atoms with Crippen LogP contribution in [0.5, 0.6) is 0 Å². The molecule has 4 aromatic heterocycles. The highest BCUT2D eigenvalue weighted by atomic mass is 79.9. The van der Waals surface area contributed by atoms with Gasteiger partial charge in [0.25, 0.3) is 0 Å².